The largest absolute Gasteiger partial charge is 0.469 e. The number of hydrogen-bond acceptors (Lipinski definition) is 17. The van der Waals surface area contributed by atoms with Crippen LogP contribution in [-0.2, 0) is 54.5 Å². The van der Waals surface area contributed by atoms with Crippen LogP contribution in [0.3, 0.4) is 0 Å². The van der Waals surface area contributed by atoms with Gasteiger partial charge in [0.25, 0.3) is 5.69 Å². The molecule has 0 aliphatic heterocycles. The van der Waals surface area contributed by atoms with Crippen molar-refractivity contribution in [3.8, 4) is 0 Å². The number of nitro groups is 1. The van der Waals surface area contributed by atoms with Gasteiger partial charge in [-0.1, -0.05) is 12.1 Å². The van der Waals surface area contributed by atoms with E-state index in [2.05, 4.69) is 20.1 Å². The number of ketones is 4. The lowest BCUT2D eigenvalue weighted by atomic mass is 10.0. The Morgan fingerprint density at radius 3 is 1.41 bits per heavy atom. The number of nitrogens with zero attached hydrogens (tertiary/aromatic N) is 3. The molecule has 0 saturated heterocycles. The lowest BCUT2D eigenvalue weighted by molar-refractivity contribution is -0.384. The maximum absolute atomic E-state index is 13.2. The zero-order valence-corrected chi connectivity index (χ0v) is 45.3. The van der Waals surface area contributed by atoms with Crippen molar-refractivity contribution in [2.24, 2.45) is 0 Å². The van der Waals surface area contributed by atoms with Gasteiger partial charge in [0.2, 0.25) is 0 Å². The lowest BCUT2D eigenvalue weighted by Gasteiger charge is -2.19. The fraction of sp³-hybridized carbons (Fsp3) is 0.429. The highest BCUT2D eigenvalue weighted by Crippen LogP contribution is 2.26. The number of alkyl carbamates (subject to hydrolysis) is 2. The third kappa shape index (κ3) is 18.9. The SMILES string of the molecule is COC(=O)CCCC(=O)c1cc2cc(CC(=O)c3cc(N)cn3CCCNC(=O)OC(C)(C)C)ccc2o1.COC(=O)CCCC(=O)c1cc2cc(CC(=O)c3cc([N+](=O)[O-])cn3CCCNC(=O)OC(C)(C)C)ccc2o1. The number of ether oxygens (including phenoxy) is 4. The molecule has 0 unspecified atom stereocenters. The molecule has 22 heteroatoms. The van der Waals surface area contributed by atoms with Gasteiger partial charge in [-0.2, -0.15) is 0 Å². The number of rotatable bonds is 25. The van der Waals surface area contributed by atoms with Crippen molar-refractivity contribution in [3.05, 3.63) is 117 Å². The van der Waals surface area contributed by atoms with E-state index < -0.39 is 28.3 Å². The van der Waals surface area contributed by atoms with Crippen LogP contribution in [0.5, 0.6) is 0 Å². The first-order valence-corrected chi connectivity index (χ1v) is 25.4. The number of carbonyl (C=O) groups is 8. The van der Waals surface area contributed by atoms with Crippen LogP contribution in [0.25, 0.3) is 21.9 Å². The minimum absolute atomic E-state index is 0.0269. The summed E-state index contributed by atoms with van der Waals surface area (Å²) in [6.07, 6.45) is 4.40. The van der Waals surface area contributed by atoms with Gasteiger partial charge in [-0.05, 0) is 121 Å². The van der Waals surface area contributed by atoms with E-state index in [9.17, 15) is 48.5 Å². The second-order valence-corrected chi connectivity index (χ2v) is 20.3. The number of benzene rings is 2. The second kappa shape index (κ2) is 27.5. The maximum Gasteiger partial charge on any atom is 0.407 e. The number of amides is 2. The van der Waals surface area contributed by atoms with Crippen LogP contribution >= 0.6 is 0 Å². The molecule has 0 fully saturated rings. The summed E-state index contributed by atoms with van der Waals surface area (Å²) in [6, 6.07) is 16.6. The van der Waals surface area contributed by atoms with Gasteiger partial charge in [-0.25, -0.2) is 9.59 Å². The highest BCUT2D eigenvalue weighted by Gasteiger charge is 2.23. The molecule has 0 spiro atoms. The molecule has 4 N–H and O–H groups in total. The van der Waals surface area contributed by atoms with Crippen molar-refractivity contribution in [2.75, 3.05) is 33.0 Å². The summed E-state index contributed by atoms with van der Waals surface area (Å²) < 4.78 is 34.2. The number of hydrogen-bond donors (Lipinski definition) is 3. The number of nitrogen functional groups attached to an aromatic ring is 1. The number of Topliss-reactive ketones (excluding diaryl/α,β-unsaturated/α-hetero) is 4. The molecule has 0 atom stereocenters. The topological polar surface area (TPSA) is 303 Å². The number of nitrogens with two attached hydrogens (primary N) is 1. The highest BCUT2D eigenvalue weighted by molar-refractivity contribution is 6.01. The van der Waals surface area contributed by atoms with Crippen LogP contribution in [0.4, 0.5) is 21.0 Å². The predicted molar refractivity (Wildman–Crippen MR) is 287 cm³/mol. The van der Waals surface area contributed by atoms with Crippen molar-refractivity contribution < 1.29 is 71.1 Å². The van der Waals surface area contributed by atoms with Gasteiger partial charge >= 0.3 is 24.1 Å². The molecule has 0 aliphatic carbocycles. The van der Waals surface area contributed by atoms with Crippen molar-refractivity contribution >= 4 is 80.6 Å². The molecule has 4 heterocycles. The zero-order valence-electron chi connectivity index (χ0n) is 45.3. The molecule has 0 bridgehead atoms. The Balaban J connectivity index is 0.000000288. The molecule has 22 nitrogen and oxygen atoms in total. The fourth-order valence-corrected chi connectivity index (χ4v) is 7.95. The third-order valence-corrected chi connectivity index (χ3v) is 11.5. The molecule has 0 radical (unpaired) electrons. The molecule has 78 heavy (non-hydrogen) atoms. The van der Waals surface area contributed by atoms with E-state index >= 15 is 0 Å². The van der Waals surface area contributed by atoms with Crippen LogP contribution in [0.2, 0.25) is 0 Å². The fourth-order valence-electron chi connectivity index (χ4n) is 7.95. The summed E-state index contributed by atoms with van der Waals surface area (Å²) in [7, 11) is 2.60. The van der Waals surface area contributed by atoms with Crippen molar-refractivity contribution in [1.29, 1.82) is 0 Å². The summed E-state index contributed by atoms with van der Waals surface area (Å²) in [5.41, 5.74) is 8.13. The van der Waals surface area contributed by atoms with Crippen LogP contribution in [0.1, 0.15) is 146 Å². The number of furan rings is 2. The molecule has 6 aromatic rings. The van der Waals surface area contributed by atoms with Crippen LogP contribution in [-0.4, -0.2) is 99.8 Å². The summed E-state index contributed by atoms with van der Waals surface area (Å²) in [6.45, 7) is 12.1. The molecular weight excluding hydrogens is 1010 g/mol. The Labute approximate surface area is 450 Å². The molecule has 4 aromatic heterocycles. The molecule has 0 saturated carbocycles. The summed E-state index contributed by atoms with van der Waals surface area (Å²) in [4.78, 5) is 108. The molecule has 0 aliphatic rings. The van der Waals surface area contributed by atoms with E-state index in [1.807, 2.05) is 6.07 Å². The van der Waals surface area contributed by atoms with Gasteiger partial charge in [-0.15, -0.1) is 0 Å². The molecule has 2 amide bonds. The number of anilines is 1. The molecular formula is C56H68N6O16. The van der Waals surface area contributed by atoms with E-state index in [4.69, 9.17) is 24.0 Å². The molecule has 2 aromatic carbocycles. The Bertz CT molecular complexity index is 3140. The third-order valence-electron chi connectivity index (χ3n) is 11.5. The van der Waals surface area contributed by atoms with Gasteiger partial charge in [0, 0.05) is 87.7 Å². The number of aryl methyl sites for hydroxylation is 2. The highest BCUT2D eigenvalue weighted by atomic mass is 16.6. The van der Waals surface area contributed by atoms with Gasteiger partial charge < -0.3 is 53.3 Å². The van der Waals surface area contributed by atoms with Crippen molar-refractivity contribution in [1.82, 2.24) is 19.8 Å². The van der Waals surface area contributed by atoms with E-state index in [1.54, 1.807) is 101 Å². The van der Waals surface area contributed by atoms with E-state index in [0.29, 0.717) is 72.3 Å². The average Bonchev–Trinajstić information content (AvgIpc) is 4.18. The van der Waals surface area contributed by atoms with E-state index in [0.717, 1.165) is 10.9 Å². The Morgan fingerprint density at radius 1 is 0.577 bits per heavy atom. The van der Waals surface area contributed by atoms with Crippen LogP contribution in [0.15, 0.2) is 81.9 Å². The van der Waals surface area contributed by atoms with Crippen molar-refractivity contribution in [2.45, 2.75) is 130 Å². The zero-order chi connectivity index (χ0) is 57.3. The smallest absolute Gasteiger partial charge is 0.407 e. The average molecular weight is 1080 g/mol. The molecule has 418 valence electrons. The summed E-state index contributed by atoms with van der Waals surface area (Å²) in [5, 5.41) is 18.0. The van der Waals surface area contributed by atoms with Gasteiger partial charge in [0.05, 0.1) is 42.4 Å². The monoisotopic (exact) mass is 1080 g/mol. The minimum atomic E-state index is -0.632. The quantitative estimate of drug-likeness (QED) is 0.0120. The first kappa shape index (κ1) is 60.3. The first-order chi connectivity index (χ1) is 36.8. The first-order valence-electron chi connectivity index (χ1n) is 25.4. The normalized spacial score (nSPS) is 11.3. The van der Waals surface area contributed by atoms with Crippen LogP contribution < -0.4 is 16.4 Å². The minimum Gasteiger partial charge on any atom is -0.469 e. The second-order valence-electron chi connectivity index (χ2n) is 20.3. The van der Waals surface area contributed by atoms with Gasteiger partial charge in [0.1, 0.15) is 22.4 Å². The summed E-state index contributed by atoms with van der Waals surface area (Å²) >= 11 is 0. The number of methoxy groups -OCH3 is 2. The standard InChI is InChI=1S/C28H33N3O9.C28H35N3O7/c1-28(2,3)40-27(35)29-11-6-12-30-17-20(31(36)37)16-21(30)23(33)14-18-9-10-24-19(13-18)15-25(39-24)22(32)7-5-8-26(34)38-4;1-28(2,3)38-27(35)30-11-6-12-31-17-20(29)16-21(31)23(33)14-18-9-10-24-19(13-18)15-25(37-24)22(32)7-5-8-26(34)36-4/h9-10,13,15-17H,5-8,11-12,14H2,1-4H3,(H,29,35);9-10,13,15-17H,5-8,11-12,14,29H2,1-4H3,(H,30,35). The number of fused-ring (bicyclic) bond motifs is 2. The number of nitrogens with one attached hydrogen (secondary N) is 2. The number of esters is 2. The van der Waals surface area contributed by atoms with E-state index in [1.165, 1.54) is 31.0 Å². The Hall–Kier alpha value is -8.56. The number of carbonyl (C=O) groups excluding carboxylic acids is 8. The Morgan fingerprint density at radius 2 is 1.00 bits per heavy atom. The van der Waals surface area contributed by atoms with Gasteiger partial charge in [0.15, 0.2) is 34.7 Å². The summed E-state index contributed by atoms with van der Waals surface area (Å²) in [5.74, 6) is -1.24. The van der Waals surface area contributed by atoms with Crippen molar-refractivity contribution in [3.63, 3.8) is 0 Å². The maximum atomic E-state index is 13.2. The van der Waals surface area contributed by atoms with Gasteiger partial charge in [-0.3, -0.25) is 38.9 Å². The molecule has 6 rings (SSSR count). The Kier molecular flexibility index (Phi) is 21.2. The lowest BCUT2D eigenvalue weighted by Crippen LogP contribution is -2.33. The predicted octanol–water partition coefficient (Wildman–Crippen LogP) is 9.69. The van der Waals surface area contributed by atoms with Crippen LogP contribution in [0, 0.1) is 10.1 Å². The van der Waals surface area contributed by atoms with E-state index in [-0.39, 0.29) is 110 Å². The number of aromatic nitrogens is 2.